The van der Waals surface area contributed by atoms with Crippen molar-refractivity contribution in [1.29, 1.82) is 5.26 Å². The summed E-state index contributed by atoms with van der Waals surface area (Å²) in [5.74, 6) is -0.667. The highest BCUT2D eigenvalue weighted by Crippen LogP contribution is 2.48. The molecule has 0 saturated carbocycles. The minimum absolute atomic E-state index is 0.0720. The van der Waals surface area contributed by atoms with Gasteiger partial charge in [-0.3, -0.25) is 9.78 Å². The van der Waals surface area contributed by atoms with Crippen LogP contribution in [0.4, 0.5) is 13.2 Å². The van der Waals surface area contributed by atoms with Gasteiger partial charge in [-0.2, -0.15) is 18.4 Å². The molecule has 5 nitrogen and oxygen atoms in total. The quantitative estimate of drug-likeness (QED) is 0.796. The van der Waals surface area contributed by atoms with Crippen LogP contribution in [0.2, 0.25) is 0 Å². The number of carbonyl (C=O) groups is 1. The predicted molar refractivity (Wildman–Crippen MR) is 72.3 cm³/mol. The van der Waals surface area contributed by atoms with Crippen molar-refractivity contribution in [2.24, 2.45) is 5.41 Å². The molecule has 2 atom stereocenters. The molecule has 1 aromatic rings. The Morgan fingerprint density at radius 1 is 1.43 bits per heavy atom. The summed E-state index contributed by atoms with van der Waals surface area (Å²) in [5, 5.41) is 9.10. The molecule has 1 amide bonds. The van der Waals surface area contributed by atoms with Gasteiger partial charge in [0.05, 0.1) is 12.6 Å². The van der Waals surface area contributed by atoms with Crippen molar-refractivity contribution in [3.05, 3.63) is 23.5 Å². The second-order valence-corrected chi connectivity index (χ2v) is 6.29. The van der Waals surface area contributed by atoms with Gasteiger partial charge in [-0.15, -0.1) is 0 Å². The lowest BCUT2D eigenvalue weighted by Crippen LogP contribution is -2.48. The first-order valence-electron chi connectivity index (χ1n) is 7.09. The van der Waals surface area contributed by atoms with Gasteiger partial charge < -0.3 is 9.64 Å². The molecule has 1 saturated heterocycles. The van der Waals surface area contributed by atoms with E-state index in [9.17, 15) is 18.0 Å². The van der Waals surface area contributed by atoms with Gasteiger partial charge in [0, 0.05) is 24.4 Å². The van der Waals surface area contributed by atoms with Crippen LogP contribution in [0.3, 0.4) is 0 Å². The van der Waals surface area contributed by atoms with E-state index in [-0.39, 0.29) is 12.1 Å². The Hall–Kier alpha value is -2.30. The highest BCUT2D eigenvalue weighted by Gasteiger charge is 2.57. The van der Waals surface area contributed by atoms with E-state index in [1.807, 2.05) is 6.07 Å². The summed E-state index contributed by atoms with van der Waals surface area (Å²) in [6, 6.07) is 1.41. The number of nitriles is 1. The van der Waals surface area contributed by atoms with E-state index >= 15 is 0 Å². The van der Waals surface area contributed by atoms with Gasteiger partial charge in [-0.25, -0.2) is 0 Å². The minimum Gasteiger partial charge on any atom is -0.487 e. The lowest BCUT2D eigenvalue weighted by molar-refractivity contribution is -0.217. The number of hydrogen-bond donors (Lipinski definition) is 0. The zero-order valence-electron chi connectivity index (χ0n) is 12.5. The van der Waals surface area contributed by atoms with E-state index in [0.29, 0.717) is 17.7 Å². The minimum atomic E-state index is -4.64. The number of amides is 1. The van der Waals surface area contributed by atoms with Gasteiger partial charge in [0.15, 0.2) is 0 Å². The standard InChI is InChI=1S/C15H14F3N3O2/c1-14(2,15(16,17)18)13(22)21-7-9-3-11(21)10-6-20-5-8(4-19)12(10)23-9/h5-6,9,11H,3,7H2,1-2H3/t9-,11-/m0/s1. The number of carbonyl (C=O) groups excluding carboxylic acids is 1. The number of aromatic nitrogens is 1. The van der Waals surface area contributed by atoms with Crippen molar-refractivity contribution >= 4 is 5.91 Å². The highest BCUT2D eigenvalue weighted by molar-refractivity contribution is 5.84. The van der Waals surface area contributed by atoms with Gasteiger partial charge >= 0.3 is 6.18 Å². The summed E-state index contributed by atoms with van der Waals surface area (Å²) >= 11 is 0. The fraction of sp³-hybridized carbons (Fsp3) is 0.533. The van der Waals surface area contributed by atoms with Crippen molar-refractivity contribution in [2.75, 3.05) is 6.54 Å². The molecule has 23 heavy (non-hydrogen) atoms. The summed E-state index contributed by atoms with van der Waals surface area (Å²) in [4.78, 5) is 17.6. The first-order chi connectivity index (χ1) is 10.7. The number of ether oxygens (including phenoxy) is 1. The average Bonchev–Trinajstić information content (AvgIpc) is 2.82. The lowest BCUT2D eigenvalue weighted by Gasteiger charge is -2.34. The third-order valence-electron chi connectivity index (χ3n) is 4.45. The molecule has 2 bridgehead atoms. The van der Waals surface area contributed by atoms with E-state index in [0.717, 1.165) is 13.8 Å². The van der Waals surface area contributed by atoms with Crippen LogP contribution in [-0.4, -0.2) is 34.6 Å². The summed E-state index contributed by atoms with van der Waals surface area (Å²) < 4.78 is 45.2. The van der Waals surface area contributed by atoms with E-state index in [4.69, 9.17) is 10.00 Å². The van der Waals surface area contributed by atoms with Crippen LogP contribution < -0.4 is 4.74 Å². The Balaban J connectivity index is 1.99. The Morgan fingerprint density at radius 2 is 2.13 bits per heavy atom. The van der Waals surface area contributed by atoms with Gasteiger partial charge in [0.2, 0.25) is 5.91 Å². The molecule has 3 rings (SSSR count). The molecule has 8 heteroatoms. The molecule has 2 aliphatic heterocycles. The molecule has 0 spiro atoms. The molecule has 122 valence electrons. The maximum absolute atomic E-state index is 13.2. The summed E-state index contributed by atoms with van der Waals surface area (Å²) in [7, 11) is 0. The third-order valence-corrected chi connectivity index (χ3v) is 4.45. The van der Waals surface area contributed by atoms with Crippen LogP contribution in [0.1, 0.15) is 37.4 Å². The van der Waals surface area contributed by atoms with Gasteiger partial charge in [0.1, 0.15) is 28.9 Å². The molecule has 0 unspecified atom stereocenters. The first-order valence-corrected chi connectivity index (χ1v) is 7.09. The highest BCUT2D eigenvalue weighted by atomic mass is 19.4. The van der Waals surface area contributed by atoms with E-state index in [1.165, 1.54) is 17.3 Å². The molecular formula is C15H14F3N3O2. The molecular weight excluding hydrogens is 311 g/mol. The predicted octanol–water partition coefficient (Wildman–Crippen LogP) is 2.58. The number of likely N-dealkylation sites (tertiary alicyclic amines) is 1. The Morgan fingerprint density at radius 3 is 2.74 bits per heavy atom. The number of pyridine rings is 1. The number of hydrogen-bond acceptors (Lipinski definition) is 4. The number of alkyl halides is 3. The number of halogens is 3. The smallest absolute Gasteiger partial charge is 0.402 e. The Bertz CT molecular complexity index is 709. The van der Waals surface area contributed by atoms with Crippen molar-refractivity contribution < 1.29 is 22.7 Å². The molecule has 3 heterocycles. The third kappa shape index (κ3) is 2.22. The molecule has 0 N–H and O–H groups in total. The van der Waals surface area contributed by atoms with Crippen LogP contribution in [0.5, 0.6) is 5.75 Å². The van der Waals surface area contributed by atoms with E-state index in [1.54, 1.807) is 0 Å². The first kappa shape index (κ1) is 15.6. The van der Waals surface area contributed by atoms with Crippen molar-refractivity contribution in [3.63, 3.8) is 0 Å². The molecule has 0 aromatic carbocycles. The van der Waals surface area contributed by atoms with E-state index in [2.05, 4.69) is 4.98 Å². The Labute approximate surface area is 130 Å². The maximum atomic E-state index is 13.2. The maximum Gasteiger partial charge on any atom is 0.402 e. The van der Waals surface area contributed by atoms with Crippen LogP contribution in [-0.2, 0) is 4.79 Å². The normalized spacial score (nSPS) is 23.0. The number of rotatable bonds is 1. The van der Waals surface area contributed by atoms with Gasteiger partial charge in [-0.1, -0.05) is 0 Å². The number of nitrogens with zero attached hydrogens (tertiary/aromatic N) is 3. The van der Waals surface area contributed by atoms with Crippen LogP contribution in [0.25, 0.3) is 0 Å². The fourth-order valence-corrected chi connectivity index (χ4v) is 2.96. The second kappa shape index (κ2) is 4.85. The zero-order valence-corrected chi connectivity index (χ0v) is 12.5. The van der Waals surface area contributed by atoms with Crippen molar-refractivity contribution in [1.82, 2.24) is 9.88 Å². The van der Waals surface area contributed by atoms with Crippen LogP contribution >= 0.6 is 0 Å². The zero-order chi connectivity index (χ0) is 17.0. The lowest BCUT2D eigenvalue weighted by atomic mass is 9.89. The summed E-state index contributed by atoms with van der Waals surface area (Å²) in [6.45, 7) is 1.83. The fourth-order valence-electron chi connectivity index (χ4n) is 2.96. The molecule has 2 aliphatic rings. The van der Waals surface area contributed by atoms with Crippen molar-refractivity contribution in [2.45, 2.75) is 38.6 Å². The van der Waals surface area contributed by atoms with Crippen molar-refractivity contribution in [3.8, 4) is 11.8 Å². The topological polar surface area (TPSA) is 66.2 Å². The molecule has 0 radical (unpaired) electrons. The van der Waals surface area contributed by atoms with E-state index < -0.39 is 29.6 Å². The molecule has 1 fully saturated rings. The molecule has 0 aliphatic carbocycles. The van der Waals surface area contributed by atoms with Gasteiger partial charge in [0.25, 0.3) is 0 Å². The molecule has 1 aromatic heterocycles. The van der Waals surface area contributed by atoms with Crippen LogP contribution in [0, 0.1) is 16.7 Å². The summed E-state index contributed by atoms with van der Waals surface area (Å²) in [6.07, 6.45) is -1.85. The Kier molecular flexibility index (Phi) is 3.29. The average molecular weight is 325 g/mol. The number of fused-ring (bicyclic) bond motifs is 4. The largest absolute Gasteiger partial charge is 0.487 e. The second-order valence-electron chi connectivity index (χ2n) is 6.29. The monoisotopic (exact) mass is 325 g/mol. The van der Waals surface area contributed by atoms with Gasteiger partial charge in [-0.05, 0) is 13.8 Å². The van der Waals surface area contributed by atoms with Crippen LogP contribution in [0.15, 0.2) is 12.4 Å². The SMILES string of the molecule is CC(C)(C(=O)N1C[C@@H]2C[C@H]1c1cncc(C#N)c1O2)C(F)(F)F. The summed E-state index contributed by atoms with van der Waals surface area (Å²) in [5.41, 5.74) is -1.77.